The van der Waals surface area contributed by atoms with Crippen LogP contribution in [0.4, 0.5) is 10.6 Å². The minimum absolute atomic E-state index is 0. The molecule has 8 heteroatoms. The van der Waals surface area contributed by atoms with E-state index < -0.39 is 0 Å². The molecule has 162 valence electrons. The molecule has 0 aliphatic carbocycles. The lowest BCUT2D eigenvalue weighted by molar-refractivity contribution is -0.135. The summed E-state index contributed by atoms with van der Waals surface area (Å²) in [6.45, 7) is 5.17. The number of amides is 3. The van der Waals surface area contributed by atoms with E-state index in [1.54, 1.807) is 24.2 Å². The Morgan fingerprint density at radius 2 is 1.90 bits per heavy atom. The lowest BCUT2D eigenvalue weighted by Crippen LogP contribution is -2.49. The third-order valence-electron chi connectivity index (χ3n) is 5.15. The normalized spacial score (nSPS) is 14.2. The maximum Gasteiger partial charge on any atom is 0.323 e. The summed E-state index contributed by atoms with van der Waals surface area (Å²) in [5.41, 5.74) is 1.55. The van der Waals surface area contributed by atoms with Gasteiger partial charge in [-0.2, -0.15) is 0 Å². The molecule has 0 bridgehead atoms. The van der Waals surface area contributed by atoms with Crippen LogP contribution in [0.25, 0.3) is 11.3 Å². The van der Waals surface area contributed by atoms with Gasteiger partial charge in [-0.1, -0.05) is 45.0 Å². The fraction of sp³-hybridized carbons (Fsp3) is 0.455. The first-order valence-corrected chi connectivity index (χ1v) is 10.1. The van der Waals surface area contributed by atoms with Gasteiger partial charge in [0, 0.05) is 42.7 Å². The van der Waals surface area contributed by atoms with Crippen LogP contribution in [-0.2, 0) is 4.79 Å². The summed E-state index contributed by atoms with van der Waals surface area (Å²) in [6, 6.07) is 7.22. The Kier molecular flexibility index (Phi) is 8.17. The van der Waals surface area contributed by atoms with E-state index in [2.05, 4.69) is 15.3 Å². The molecule has 0 atom stereocenters. The summed E-state index contributed by atoms with van der Waals surface area (Å²) in [5, 5.41) is 3.42. The smallest absolute Gasteiger partial charge is 0.323 e. The number of aromatic nitrogens is 2. The molecule has 1 aliphatic rings. The zero-order valence-electron chi connectivity index (χ0n) is 16.9. The van der Waals surface area contributed by atoms with Crippen LogP contribution < -0.4 is 5.32 Å². The quantitative estimate of drug-likeness (QED) is 0.770. The maximum absolute atomic E-state index is 12.6. The highest BCUT2D eigenvalue weighted by Gasteiger charge is 2.28. The molecule has 0 unspecified atom stereocenters. The number of rotatable bonds is 4. The van der Waals surface area contributed by atoms with Gasteiger partial charge < -0.3 is 9.80 Å². The SMILES string of the molecule is C.CC(C)C(=O)N1CCC(N(C)C(=O)Nc2cnc(-c3cccc(Cl)c3)cn2)CC1. The van der Waals surface area contributed by atoms with Crippen molar-refractivity contribution >= 4 is 29.4 Å². The van der Waals surface area contributed by atoms with Gasteiger partial charge in [0.2, 0.25) is 5.91 Å². The number of nitrogens with zero attached hydrogens (tertiary/aromatic N) is 4. The van der Waals surface area contributed by atoms with E-state index in [0.717, 1.165) is 18.4 Å². The topological polar surface area (TPSA) is 78.4 Å². The van der Waals surface area contributed by atoms with Crippen LogP contribution in [0.1, 0.15) is 34.1 Å². The molecule has 30 heavy (non-hydrogen) atoms. The summed E-state index contributed by atoms with van der Waals surface area (Å²) >= 11 is 6.01. The fourth-order valence-corrected chi connectivity index (χ4v) is 3.58. The third kappa shape index (κ3) is 5.69. The number of benzene rings is 1. The van der Waals surface area contributed by atoms with Crippen LogP contribution in [0.15, 0.2) is 36.7 Å². The molecule has 3 rings (SSSR count). The molecule has 0 saturated carbocycles. The first kappa shape index (κ1) is 23.6. The number of hydrogen-bond donors (Lipinski definition) is 1. The summed E-state index contributed by atoms with van der Waals surface area (Å²) in [4.78, 5) is 36.9. The monoisotopic (exact) mass is 431 g/mol. The number of nitrogens with one attached hydrogen (secondary N) is 1. The first-order valence-electron chi connectivity index (χ1n) is 9.75. The molecule has 2 aromatic rings. The summed E-state index contributed by atoms with van der Waals surface area (Å²) < 4.78 is 0. The van der Waals surface area contributed by atoms with Gasteiger partial charge in [0.15, 0.2) is 5.82 Å². The second-order valence-electron chi connectivity index (χ2n) is 7.55. The lowest BCUT2D eigenvalue weighted by atomic mass is 10.0. The van der Waals surface area contributed by atoms with E-state index in [0.29, 0.717) is 29.6 Å². The molecule has 1 fully saturated rings. The van der Waals surface area contributed by atoms with Gasteiger partial charge in [0.05, 0.1) is 18.1 Å². The van der Waals surface area contributed by atoms with E-state index in [1.165, 1.54) is 6.20 Å². The molecule has 1 aliphatic heterocycles. The largest absolute Gasteiger partial charge is 0.342 e. The van der Waals surface area contributed by atoms with Crippen molar-refractivity contribution in [2.24, 2.45) is 5.92 Å². The van der Waals surface area contributed by atoms with Crippen molar-refractivity contribution in [3.63, 3.8) is 0 Å². The van der Waals surface area contributed by atoms with Crippen molar-refractivity contribution in [3.05, 3.63) is 41.7 Å². The second kappa shape index (κ2) is 10.4. The zero-order chi connectivity index (χ0) is 21.0. The van der Waals surface area contributed by atoms with Gasteiger partial charge in [-0.15, -0.1) is 0 Å². The molecule has 0 radical (unpaired) electrons. The van der Waals surface area contributed by atoms with E-state index >= 15 is 0 Å². The highest BCUT2D eigenvalue weighted by atomic mass is 35.5. The fourth-order valence-electron chi connectivity index (χ4n) is 3.39. The molecule has 1 saturated heterocycles. The van der Waals surface area contributed by atoms with Crippen LogP contribution in [0.5, 0.6) is 0 Å². The standard InChI is InChI=1S/C21H26ClN5O2.CH4/c1-14(2)20(28)27-9-7-17(8-10-27)26(3)21(29)25-19-13-23-18(12-24-19)15-5-4-6-16(22)11-15;/h4-6,11-14,17H,7-10H2,1-3H3,(H,24,25,29);1H4. The average Bonchev–Trinajstić information content (AvgIpc) is 2.73. The molecule has 7 nitrogen and oxygen atoms in total. The number of urea groups is 1. The van der Waals surface area contributed by atoms with E-state index in [4.69, 9.17) is 11.6 Å². The Hall–Kier alpha value is -2.67. The number of hydrogen-bond acceptors (Lipinski definition) is 4. The minimum Gasteiger partial charge on any atom is -0.342 e. The summed E-state index contributed by atoms with van der Waals surface area (Å²) in [5.74, 6) is 0.562. The Morgan fingerprint density at radius 3 is 2.47 bits per heavy atom. The van der Waals surface area contributed by atoms with Crippen LogP contribution in [-0.4, -0.2) is 57.9 Å². The highest BCUT2D eigenvalue weighted by molar-refractivity contribution is 6.30. The van der Waals surface area contributed by atoms with Crippen molar-refractivity contribution in [2.75, 3.05) is 25.5 Å². The number of piperidine rings is 1. The molecular weight excluding hydrogens is 402 g/mol. The van der Waals surface area contributed by atoms with Gasteiger partial charge in [0.25, 0.3) is 0 Å². The Balaban J connectivity index is 0.00000320. The maximum atomic E-state index is 12.6. The van der Waals surface area contributed by atoms with Gasteiger partial charge in [0.1, 0.15) is 0 Å². The molecule has 1 aromatic heterocycles. The Bertz CT molecular complexity index is 864. The zero-order valence-corrected chi connectivity index (χ0v) is 17.7. The van der Waals surface area contributed by atoms with Crippen molar-refractivity contribution in [2.45, 2.75) is 40.2 Å². The lowest BCUT2D eigenvalue weighted by Gasteiger charge is -2.37. The first-order chi connectivity index (χ1) is 13.8. The number of carbonyl (C=O) groups is 2. The molecule has 2 heterocycles. The average molecular weight is 432 g/mol. The van der Waals surface area contributed by atoms with Crippen LogP contribution >= 0.6 is 11.6 Å². The minimum atomic E-state index is -0.233. The predicted molar refractivity (Wildman–Crippen MR) is 120 cm³/mol. The van der Waals surface area contributed by atoms with Gasteiger partial charge in [-0.25, -0.2) is 9.78 Å². The second-order valence-corrected chi connectivity index (χ2v) is 7.99. The van der Waals surface area contributed by atoms with E-state index in [1.807, 2.05) is 36.9 Å². The van der Waals surface area contributed by atoms with Crippen LogP contribution in [0.2, 0.25) is 5.02 Å². The van der Waals surface area contributed by atoms with Gasteiger partial charge in [-0.3, -0.25) is 15.1 Å². The van der Waals surface area contributed by atoms with Crippen molar-refractivity contribution in [1.82, 2.24) is 19.8 Å². The van der Waals surface area contributed by atoms with Crippen LogP contribution in [0, 0.1) is 5.92 Å². The molecule has 1 N–H and O–H groups in total. The number of carbonyl (C=O) groups excluding carboxylic acids is 2. The predicted octanol–water partition coefficient (Wildman–Crippen LogP) is 4.54. The van der Waals surface area contributed by atoms with E-state index in [-0.39, 0.29) is 31.3 Å². The van der Waals surface area contributed by atoms with E-state index in [9.17, 15) is 9.59 Å². The van der Waals surface area contributed by atoms with Crippen molar-refractivity contribution < 1.29 is 9.59 Å². The molecule has 0 spiro atoms. The molecular formula is C22H30ClN5O2. The molecule has 1 aromatic carbocycles. The highest BCUT2D eigenvalue weighted by Crippen LogP contribution is 2.21. The Morgan fingerprint density at radius 1 is 1.20 bits per heavy atom. The van der Waals surface area contributed by atoms with Crippen LogP contribution in [0.3, 0.4) is 0 Å². The summed E-state index contributed by atoms with van der Waals surface area (Å²) in [6.07, 6.45) is 4.67. The number of halogens is 1. The summed E-state index contributed by atoms with van der Waals surface area (Å²) in [7, 11) is 1.77. The number of likely N-dealkylation sites (tertiary alicyclic amines) is 1. The van der Waals surface area contributed by atoms with Gasteiger partial charge in [-0.05, 0) is 25.0 Å². The Labute approximate surface area is 183 Å². The van der Waals surface area contributed by atoms with Gasteiger partial charge >= 0.3 is 6.03 Å². The van der Waals surface area contributed by atoms with Crippen molar-refractivity contribution in [1.29, 1.82) is 0 Å². The third-order valence-corrected chi connectivity index (χ3v) is 5.38. The number of anilines is 1. The van der Waals surface area contributed by atoms with Crippen molar-refractivity contribution in [3.8, 4) is 11.3 Å². The molecule has 3 amide bonds.